The van der Waals surface area contributed by atoms with E-state index in [1.54, 1.807) is 7.05 Å². The molecule has 0 aliphatic carbocycles. The van der Waals surface area contributed by atoms with Crippen LogP contribution in [0.1, 0.15) is 5.56 Å². The Morgan fingerprint density at radius 2 is 2.25 bits per heavy atom. The molecule has 0 unspecified atom stereocenters. The number of hydrogen-bond donors (Lipinski definition) is 2. The minimum atomic E-state index is 0. The Hall–Kier alpha value is -1.14. The van der Waals surface area contributed by atoms with Crippen molar-refractivity contribution in [1.82, 2.24) is 10.6 Å². The predicted molar refractivity (Wildman–Crippen MR) is 92.7 cm³/mol. The summed E-state index contributed by atoms with van der Waals surface area (Å²) in [5.74, 6) is 4.65. The van der Waals surface area contributed by atoms with E-state index in [2.05, 4.69) is 37.5 Å². The smallest absolute Gasteiger partial charge is 0.231 e. The van der Waals surface area contributed by atoms with E-state index in [0.29, 0.717) is 19.0 Å². The first-order valence-electron chi connectivity index (χ1n) is 5.70. The topological polar surface area (TPSA) is 54.9 Å². The van der Waals surface area contributed by atoms with E-state index in [1.807, 2.05) is 12.1 Å². The van der Waals surface area contributed by atoms with Crippen molar-refractivity contribution in [3.63, 3.8) is 0 Å². The number of fused-ring (bicyclic) bond motifs is 1. The van der Waals surface area contributed by atoms with Gasteiger partial charge in [-0.25, -0.2) is 0 Å². The highest BCUT2D eigenvalue weighted by atomic mass is 127. The fraction of sp³-hybridized carbons (Fsp3) is 0.308. The first-order chi connectivity index (χ1) is 9.24. The lowest BCUT2D eigenvalue weighted by Gasteiger charge is -2.11. The molecule has 1 heterocycles. The molecule has 1 aromatic carbocycles. The van der Waals surface area contributed by atoms with Gasteiger partial charge in [0.2, 0.25) is 6.79 Å². The van der Waals surface area contributed by atoms with Gasteiger partial charge in [0.1, 0.15) is 0 Å². The molecular formula is C13H15BrIN3O2. The Kier molecular flexibility index (Phi) is 6.95. The Morgan fingerprint density at radius 3 is 2.95 bits per heavy atom. The number of aliphatic imine (C=N–C) groups is 1. The molecule has 1 aliphatic rings. The second kappa shape index (κ2) is 8.21. The molecule has 0 amide bonds. The first-order valence-corrected chi connectivity index (χ1v) is 6.50. The number of guanidine groups is 1. The van der Waals surface area contributed by atoms with E-state index >= 15 is 0 Å². The van der Waals surface area contributed by atoms with Crippen LogP contribution in [0.15, 0.2) is 21.6 Å². The van der Waals surface area contributed by atoms with Gasteiger partial charge in [0.05, 0.1) is 11.0 Å². The molecule has 0 radical (unpaired) electrons. The average molecular weight is 452 g/mol. The van der Waals surface area contributed by atoms with Crippen molar-refractivity contribution in [2.75, 3.05) is 20.4 Å². The van der Waals surface area contributed by atoms with Crippen LogP contribution < -0.4 is 20.1 Å². The summed E-state index contributed by atoms with van der Waals surface area (Å²) in [7, 11) is 1.70. The molecule has 0 saturated carbocycles. The molecule has 7 heteroatoms. The molecular weight excluding hydrogens is 437 g/mol. The summed E-state index contributed by atoms with van der Waals surface area (Å²) >= 11 is 3.46. The lowest BCUT2D eigenvalue weighted by molar-refractivity contribution is 0.173. The zero-order valence-electron chi connectivity index (χ0n) is 10.9. The number of rotatable bonds is 3. The van der Waals surface area contributed by atoms with Crippen LogP contribution in [0.5, 0.6) is 11.5 Å². The number of nitrogens with zero attached hydrogens (tertiary/aromatic N) is 1. The number of halogens is 2. The molecule has 1 aromatic rings. The van der Waals surface area contributed by atoms with Crippen LogP contribution in [0, 0.1) is 12.3 Å². The van der Waals surface area contributed by atoms with Crippen LogP contribution in [0.25, 0.3) is 0 Å². The molecule has 0 fully saturated rings. The molecule has 0 bridgehead atoms. The quantitative estimate of drug-likeness (QED) is 0.320. The van der Waals surface area contributed by atoms with Gasteiger partial charge < -0.3 is 20.1 Å². The molecule has 0 saturated heterocycles. The summed E-state index contributed by atoms with van der Waals surface area (Å²) < 4.78 is 11.6. The van der Waals surface area contributed by atoms with Crippen LogP contribution >= 0.6 is 39.9 Å². The summed E-state index contributed by atoms with van der Waals surface area (Å²) in [4.78, 5) is 4.07. The van der Waals surface area contributed by atoms with Gasteiger partial charge in [-0.2, -0.15) is 0 Å². The summed E-state index contributed by atoms with van der Waals surface area (Å²) in [5.41, 5.74) is 1.06. The van der Waals surface area contributed by atoms with E-state index in [9.17, 15) is 0 Å². The van der Waals surface area contributed by atoms with Gasteiger partial charge in [-0.15, -0.1) is 30.4 Å². The third-order valence-electron chi connectivity index (χ3n) is 2.53. The highest BCUT2D eigenvalue weighted by Gasteiger charge is 2.17. The van der Waals surface area contributed by atoms with E-state index in [-0.39, 0.29) is 30.8 Å². The fourth-order valence-electron chi connectivity index (χ4n) is 1.66. The van der Waals surface area contributed by atoms with Crippen molar-refractivity contribution in [2.45, 2.75) is 6.54 Å². The Bertz CT molecular complexity index is 543. The van der Waals surface area contributed by atoms with Gasteiger partial charge in [-0.3, -0.25) is 4.99 Å². The molecule has 2 N–H and O–H groups in total. The van der Waals surface area contributed by atoms with Gasteiger partial charge in [0.25, 0.3) is 0 Å². The molecule has 0 spiro atoms. The second-order valence-corrected chi connectivity index (χ2v) is 4.65. The maximum absolute atomic E-state index is 5.37. The maximum Gasteiger partial charge on any atom is 0.231 e. The number of terminal acetylenes is 1. The summed E-state index contributed by atoms with van der Waals surface area (Å²) in [6.07, 6.45) is 5.19. The van der Waals surface area contributed by atoms with E-state index < -0.39 is 0 Å². The van der Waals surface area contributed by atoms with Crippen LogP contribution in [0.2, 0.25) is 0 Å². The minimum absolute atomic E-state index is 0. The number of nitrogens with one attached hydrogen (secondary N) is 2. The maximum atomic E-state index is 5.37. The van der Waals surface area contributed by atoms with Gasteiger partial charge in [0.15, 0.2) is 17.5 Å². The minimum Gasteiger partial charge on any atom is -0.454 e. The zero-order chi connectivity index (χ0) is 13.7. The van der Waals surface area contributed by atoms with Crippen molar-refractivity contribution in [3.8, 4) is 23.8 Å². The summed E-state index contributed by atoms with van der Waals surface area (Å²) in [6, 6.07) is 3.92. The van der Waals surface area contributed by atoms with Crippen molar-refractivity contribution in [2.24, 2.45) is 4.99 Å². The van der Waals surface area contributed by atoms with Crippen molar-refractivity contribution in [1.29, 1.82) is 0 Å². The number of benzene rings is 1. The Morgan fingerprint density at radius 1 is 1.45 bits per heavy atom. The largest absolute Gasteiger partial charge is 0.454 e. The highest BCUT2D eigenvalue weighted by molar-refractivity contribution is 14.0. The SMILES string of the molecule is C#CCNC(=NC)NCc1cc(Br)c2c(c1)OCO2.I. The Labute approximate surface area is 143 Å². The first kappa shape index (κ1) is 16.9. The normalized spacial score (nSPS) is 12.3. The monoisotopic (exact) mass is 451 g/mol. The molecule has 1 aliphatic heterocycles. The molecule has 20 heavy (non-hydrogen) atoms. The molecule has 0 aromatic heterocycles. The molecule has 0 atom stereocenters. The lowest BCUT2D eigenvalue weighted by Crippen LogP contribution is -2.36. The van der Waals surface area contributed by atoms with Crippen LogP contribution in [-0.2, 0) is 6.54 Å². The molecule has 108 valence electrons. The highest BCUT2D eigenvalue weighted by Crippen LogP contribution is 2.39. The van der Waals surface area contributed by atoms with Crippen molar-refractivity contribution < 1.29 is 9.47 Å². The van der Waals surface area contributed by atoms with Gasteiger partial charge >= 0.3 is 0 Å². The molecule has 2 rings (SSSR count). The summed E-state index contributed by atoms with van der Waals surface area (Å²) in [5, 5.41) is 6.16. The van der Waals surface area contributed by atoms with Gasteiger partial charge in [0, 0.05) is 13.6 Å². The predicted octanol–water partition coefficient (Wildman–Crippen LogP) is 2.09. The van der Waals surface area contributed by atoms with Crippen LogP contribution in [0.4, 0.5) is 0 Å². The van der Waals surface area contributed by atoms with Gasteiger partial charge in [-0.05, 0) is 33.6 Å². The number of hydrogen-bond acceptors (Lipinski definition) is 3. The van der Waals surface area contributed by atoms with E-state index in [0.717, 1.165) is 21.5 Å². The zero-order valence-corrected chi connectivity index (χ0v) is 14.8. The summed E-state index contributed by atoms with van der Waals surface area (Å²) in [6.45, 7) is 1.31. The molecule has 5 nitrogen and oxygen atoms in total. The van der Waals surface area contributed by atoms with Crippen molar-refractivity contribution >= 4 is 45.9 Å². The standard InChI is InChI=1S/C13H14BrN3O2.HI/c1-3-4-16-13(15-2)17-7-9-5-10(14)12-11(6-9)18-8-19-12;/h1,5-6H,4,7-8H2,2H3,(H2,15,16,17);1H. The van der Waals surface area contributed by atoms with Gasteiger partial charge in [-0.1, -0.05) is 5.92 Å². The average Bonchev–Trinajstić information content (AvgIpc) is 2.88. The fourth-order valence-corrected chi connectivity index (χ4v) is 2.27. The second-order valence-electron chi connectivity index (χ2n) is 3.79. The third kappa shape index (κ3) is 4.18. The van der Waals surface area contributed by atoms with E-state index in [4.69, 9.17) is 15.9 Å². The third-order valence-corrected chi connectivity index (χ3v) is 3.12. The van der Waals surface area contributed by atoms with E-state index in [1.165, 1.54) is 0 Å². The van der Waals surface area contributed by atoms with Crippen molar-refractivity contribution in [3.05, 3.63) is 22.2 Å². The van der Waals surface area contributed by atoms with Crippen LogP contribution in [-0.4, -0.2) is 26.3 Å². The Balaban J connectivity index is 0.00000200. The van der Waals surface area contributed by atoms with Crippen LogP contribution in [0.3, 0.4) is 0 Å². The number of ether oxygens (including phenoxy) is 2. The lowest BCUT2D eigenvalue weighted by atomic mass is 10.2.